The number of hydrogen-bond donors (Lipinski definition) is 1. The number of nitrogens with one attached hydrogen (secondary N) is 1. The van der Waals surface area contributed by atoms with Crippen LogP contribution in [0.3, 0.4) is 0 Å². The van der Waals surface area contributed by atoms with Gasteiger partial charge >= 0.3 is 0 Å². The Hall–Kier alpha value is -1.68. The van der Waals surface area contributed by atoms with E-state index in [0.29, 0.717) is 11.8 Å². The minimum absolute atomic E-state index is 0.415. The van der Waals surface area contributed by atoms with Gasteiger partial charge in [-0.1, -0.05) is 13.8 Å². The Morgan fingerprint density at radius 3 is 2.95 bits per heavy atom. The molecule has 3 rings (SSSR count). The monoisotopic (exact) mass is 270 g/mol. The third kappa shape index (κ3) is 2.61. The van der Waals surface area contributed by atoms with Crippen LogP contribution in [0.5, 0.6) is 0 Å². The fraction of sp³-hybridized carbons (Fsp3) is 0.500. The van der Waals surface area contributed by atoms with Crippen molar-refractivity contribution in [2.24, 2.45) is 0 Å². The van der Waals surface area contributed by atoms with E-state index in [1.165, 1.54) is 24.2 Å². The molecule has 1 N–H and O–H groups in total. The largest absolute Gasteiger partial charge is 0.316 e. The summed E-state index contributed by atoms with van der Waals surface area (Å²) >= 11 is 0. The summed E-state index contributed by atoms with van der Waals surface area (Å²) in [5.74, 6) is 2.05. The van der Waals surface area contributed by atoms with Gasteiger partial charge in [-0.15, -0.1) is 0 Å². The number of piperidine rings is 1. The highest BCUT2D eigenvalue weighted by atomic mass is 15.1. The van der Waals surface area contributed by atoms with Gasteiger partial charge in [0.05, 0.1) is 5.69 Å². The first-order valence-electron chi connectivity index (χ1n) is 7.46. The molecule has 4 nitrogen and oxygen atoms in total. The van der Waals surface area contributed by atoms with E-state index in [9.17, 15) is 0 Å². The zero-order valence-electron chi connectivity index (χ0n) is 12.2. The summed E-state index contributed by atoms with van der Waals surface area (Å²) < 4.78 is 2.17. The second-order valence-electron chi connectivity index (χ2n) is 5.79. The Labute approximate surface area is 120 Å². The van der Waals surface area contributed by atoms with Crippen LogP contribution >= 0.6 is 0 Å². The van der Waals surface area contributed by atoms with Crippen LogP contribution in [0, 0.1) is 0 Å². The van der Waals surface area contributed by atoms with Gasteiger partial charge in [0.25, 0.3) is 0 Å². The van der Waals surface area contributed by atoms with E-state index in [4.69, 9.17) is 0 Å². The standard InChI is InChI=1S/C16H22N4/c1-12(2)16-19-8-9-20(16)14-5-7-18-15(10-14)13-4-3-6-17-11-13/h5,7-10,12-13,17H,3-4,6,11H2,1-2H3/t13-/m0/s1. The number of nitrogens with zero attached hydrogens (tertiary/aromatic N) is 3. The van der Waals surface area contributed by atoms with Crippen molar-refractivity contribution in [2.75, 3.05) is 13.1 Å². The second kappa shape index (κ2) is 5.75. The summed E-state index contributed by atoms with van der Waals surface area (Å²) in [4.78, 5) is 9.04. The number of rotatable bonds is 3. The molecule has 0 bridgehead atoms. The number of imidazole rings is 1. The van der Waals surface area contributed by atoms with Gasteiger partial charge in [-0.3, -0.25) is 4.98 Å². The fourth-order valence-corrected chi connectivity index (χ4v) is 2.87. The third-order valence-corrected chi connectivity index (χ3v) is 3.94. The van der Waals surface area contributed by atoms with E-state index < -0.39 is 0 Å². The van der Waals surface area contributed by atoms with E-state index >= 15 is 0 Å². The molecule has 0 aromatic carbocycles. The molecule has 4 heteroatoms. The minimum Gasteiger partial charge on any atom is -0.316 e. The molecule has 0 spiro atoms. The van der Waals surface area contributed by atoms with Gasteiger partial charge in [0, 0.05) is 42.7 Å². The first kappa shape index (κ1) is 13.3. The summed E-state index contributed by atoms with van der Waals surface area (Å²) in [6.07, 6.45) is 8.29. The highest BCUT2D eigenvalue weighted by Crippen LogP contribution is 2.24. The van der Waals surface area contributed by atoms with Gasteiger partial charge in [-0.2, -0.15) is 0 Å². The smallest absolute Gasteiger partial charge is 0.115 e. The average Bonchev–Trinajstić information content (AvgIpc) is 2.98. The lowest BCUT2D eigenvalue weighted by Crippen LogP contribution is -2.28. The molecular formula is C16H22N4. The molecule has 2 aromatic rings. The molecule has 1 saturated heterocycles. The highest BCUT2D eigenvalue weighted by Gasteiger charge is 2.17. The molecule has 0 aliphatic carbocycles. The molecule has 3 heterocycles. The molecule has 0 unspecified atom stereocenters. The van der Waals surface area contributed by atoms with Crippen LogP contribution in [0.25, 0.3) is 5.69 Å². The van der Waals surface area contributed by atoms with Crippen molar-refractivity contribution in [3.8, 4) is 5.69 Å². The van der Waals surface area contributed by atoms with Gasteiger partial charge in [-0.05, 0) is 31.5 Å². The van der Waals surface area contributed by atoms with Crippen LogP contribution in [0.2, 0.25) is 0 Å². The van der Waals surface area contributed by atoms with Crippen LogP contribution in [0.1, 0.15) is 50.0 Å². The maximum Gasteiger partial charge on any atom is 0.115 e. The minimum atomic E-state index is 0.415. The summed E-state index contributed by atoms with van der Waals surface area (Å²) in [7, 11) is 0. The van der Waals surface area contributed by atoms with Gasteiger partial charge in [0.1, 0.15) is 5.82 Å². The van der Waals surface area contributed by atoms with Gasteiger partial charge in [0.15, 0.2) is 0 Å². The molecule has 1 fully saturated rings. The first-order chi connectivity index (χ1) is 9.75. The number of pyridine rings is 1. The van der Waals surface area contributed by atoms with E-state index in [1.807, 2.05) is 18.6 Å². The van der Waals surface area contributed by atoms with Gasteiger partial charge in [-0.25, -0.2) is 4.98 Å². The van der Waals surface area contributed by atoms with E-state index in [2.05, 4.69) is 45.8 Å². The van der Waals surface area contributed by atoms with Crippen molar-refractivity contribution < 1.29 is 0 Å². The molecule has 20 heavy (non-hydrogen) atoms. The molecule has 0 saturated carbocycles. The first-order valence-corrected chi connectivity index (χ1v) is 7.46. The summed E-state index contributed by atoms with van der Waals surface area (Å²) in [5, 5.41) is 3.46. The third-order valence-electron chi connectivity index (χ3n) is 3.94. The lowest BCUT2D eigenvalue weighted by atomic mass is 9.95. The zero-order valence-corrected chi connectivity index (χ0v) is 12.2. The Bertz CT molecular complexity index is 567. The second-order valence-corrected chi connectivity index (χ2v) is 5.79. The maximum absolute atomic E-state index is 4.57. The maximum atomic E-state index is 4.57. The lowest BCUT2D eigenvalue weighted by Gasteiger charge is -2.22. The summed E-state index contributed by atoms with van der Waals surface area (Å²) in [6, 6.07) is 4.28. The van der Waals surface area contributed by atoms with Crippen LogP contribution in [0.4, 0.5) is 0 Å². The van der Waals surface area contributed by atoms with Crippen molar-refractivity contribution >= 4 is 0 Å². The number of hydrogen-bond acceptors (Lipinski definition) is 3. The van der Waals surface area contributed by atoms with Crippen molar-refractivity contribution in [3.63, 3.8) is 0 Å². The van der Waals surface area contributed by atoms with Crippen molar-refractivity contribution in [1.82, 2.24) is 19.9 Å². The van der Waals surface area contributed by atoms with Crippen molar-refractivity contribution in [3.05, 3.63) is 42.2 Å². The van der Waals surface area contributed by atoms with Crippen molar-refractivity contribution in [2.45, 2.75) is 38.5 Å². The van der Waals surface area contributed by atoms with E-state index in [1.54, 1.807) is 0 Å². The Morgan fingerprint density at radius 2 is 2.20 bits per heavy atom. The molecule has 0 radical (unpaired) electrons. The van der Waals surface area contributed by atoms with Gasteiger partial charge in [0.2, 0.25) is 0 Å². The van der Waals surface area contributed by atoms with Crippen LogP contribution in [0.15, 0.2) is 30.7 Å². The van der Waals surface area contributed by atoms with Crippen LogP contribution in [-0.2, 0) is 0 Å². The molecule has 1 aliphatic heterocycles. The van der Waals surface area contributed by atoms with Crippen LogP contribution < -0.4 is 5.32 Å². The predicted octanol–water partition coefficient (Wildman–Crippen LogP) is 2.86. The molecule has 1 atom stereocenters. The predicted molar refractivity (Wildman–Crippen MR) is 80.3 cm³/mol. The molecule has 2 aromatic heterocycles. The fourth-order valence-electron chi connectivity index (χ4n) is 2.87. The zero-order chi connectivity index (χ0) is 13.9. The molecule has 1 aliphatic rings. The molecular weight excluding hydrogens is 248 g/mol. The Kier molecular flexibility index (Phi) is 3.83. The Morgan fingerprint density at radius 1 is 1.30 bits per heavy atom. The van der Waals surface area contributed by atoms with E-state index in [0.717, 1.165) is 18.9 Å². The Balaban J connectivity index is 1.92. The molecule has 106 valence electrons. The average molecular weight is 270 g/mol. The number of aromatic nitrogens is 3. The quantitative estimate of drug-likeness (QED) is 0.932. The van der Waals surface area contributed by atoms with Gasteiger partial charge < -0.3 is 9.88 Å². The topological polar surface area (TPSA) is 42.7 Å². The summed E-state index contributed by atoms with van der Waals surface area (Å²) in [5.41, 5.74) is 2.36. The lowest BCUT2D eigenvalue weighted by molar-refractivity contribution is 0.454. The normalized spacial score (nSPS) is 19.4. The van der Waals surface area contributed by atoms with Crippen LogP contribution in [-0.4, -0.2) is 27.6 Å². The SMILES string of the molecule is CC(C)c1nccn1-c1ccnc([C@H]2CCCNC2)c1. The highest BCUT2D eigenvalue weighted by molar-refractivity contribution is 5.35. The van der Waals surface area contributed by atoms with Crippen molar-refractivity contribution in [1.29, 1.82) is 0 Å². The molecule has 0 amide bonds. The summed E-state index contributed by atoms with van der Waals surface area (Å²) in [6.45, 7) is 6.52. The van der Waals surface area contributed by atoms with E-state index in [-0.39, 0.29) is 0 Å².